The van der Waals surface area contributed by atoms with E-state index in [2.05, 4.69) is 4.98 Å². The van der Waals surface area contributed by atoms with Gasteiger partial charge in [0.15, 0.2) is 0 Å². The van der Waals surface area contributed by atoms with Crippen molar-refractivity contribution in [1.29, 1.82) is 0 Å². The van der Waals surface area contributed by atoms with Gasteiger partial charge in [-0.25, -0.2) is 9.37 Å². The van der Waals surface area contributed by atoms with Gasteiger partial charge in [-0.1, -0.05) is 23.7 Å². The van der Waals surface area contributed by atoms with Crippen LogP contribution in [0.5, 0.6) is 0 Å². The fourth-order valence-electron chi connectivity index (χ4n) is 2.30. The van der Waals surface area contributed by atoms with Crippen molar-refractivity contribution in [3.05, 3.63) is 64.7 Å². The second-order valence-corrected chi connectivity index (χ2v) is 5.02. The van der Waals surface area contributed by atoms with Gasteiger partial charge in [0.25, 0.3) is 0 Å². The van der Waals surface area contributed by atoms with Crippen molar-refractivity contribution >= 4 is 22.6 Å². The van der Waals surface area contributed by atoms with Gasteiger partial charge in [-0.05, 0) is 35.9 Å². The van der Waals surface area contributed by atoms with E-state index >= 15 is 0 Å². The van der Waals surface area contributed by atoms with Crippen LogP contribution in [0.3, 0.4) is 0 Å². The molecule has 1 heterocycles. The zero-order chi connectivity index (χ0) is 14.1. The minimum absolute atomic E-state index is 0.246. The third-order valence-electron chi connectivity index (χ3n) is 3.20. The Labute approximate surface area is 120 Å². The molecule has 102 valence electrons. The molecule has 2 aromatic carbocycles. The smallest absolute Gasteiger partial charge is 0.123 e. The Morgan fingerprint density at radius 1 is 1.20 bits per heavy atom. The molecular formula is C15H13ClFN3. The van der Waals surface area contributed by atoms with Crippen molar-refractivity contribution in [2.75, 3.05) is 0 Å². The van der Waals surface area contributed by atoms with E-state index in [1.165, 1.54) is 12.1 Å². The van der Waals surface area contributed by atoms with Crippen molar-refractivity contribution in [2.24, 2.45) is 5.73 Å². The summed E-state index contributed by atoms with van der Waals surface area (Å²) in [6.45, 7) is 0.851. The van der Waals surface area contributed by atoms with Crippen LogP contribution in [0.2, 0.25) is 5.02 Å². The number of fused-ring (bicyclic) bond motifs is 1. The quantitative estimate of drug-likeness (QED) is 0.804. The number of hydrogen-bond donors (Lipinski definition) is 1. The number of benzene rings is 2. The average Bonchev–Trinajstić information content (AvgIpc) is 2.76. The van der Waals surface area contributed by atoms with Gasteiger partial charge in [0.2, 0.25) is 0 Å². The van der Waals surface area contributed by atoms with E-state index in [9.17, 15) is 4.39 Å². The van der Waals surface area contributed by atoms with Crippen LogP contribution in [-0.2, 0) is 13.1 Å². The zero-order valence-electron chi connectivity index (χ0n) is 10.7. The molecule has 0 atom stereocenters. The maximum absolute atomic E-state index is 13.3. The Morgan fingerprint density at radius 2 is 2.05 bits per heavy atom. The predicted molar refractivity (Wildman–Crippen MR) is 78.1 cm³/mol. The number of nitrogens with zero attached hydrogens (tertiary/aromatic N) is 2. The van der Waals surface area contributed by atoms with Gasteiger partial charge in [-0.2, -0.15) is 0 Å². The Bertz CT molecular complexity index is 767. The molecule has 3 aromatic rings. The van der Waals surface area contributed by atoms with Gasteiger partial charge in [-0.15, -0.1) is 0 Å². The van der Waals surface area contributed by atoms with Crippen LogP contribution in [-0.4, -0.2) is 9.55 Å². The first-order valence-electron chi connectivity index (χ1n) is 6.26. The second-order valence-electron chi connectivity index (χ2n) is 4.58. The Hall–Kier alpha value is -1.91. The normalized spacial score (nSPS) is 11.2. The molecule has 0 aliphatic heterocycles. The van der Waals surface area contributed by atoms with E-state index < -0.39 is 0 Å². The van der Waals surface area contributed by atoms with Crippen molar-refractivity contribution in [3.8, 4) is 0 Å². The van der Waals surface area contributed by atoms with Gasteiger partial charge in [0.1, 0.15) is 11.6 Å². The van der Waals surface area contributed by atoms with Gasteiger partial charge >= 0.3 is 0 Å². The lowest BCUT2D eigenvalue weighted by atomic mass is 10.2. The summed E-state index contributed by atoms with van der Waals surface area (Å²) in [5.74, 6) is 0.510. The van der Waals surface area contributed by atoms with E-state index in [0.29, 0.717) is 18.1 Å². The first-order chi connectivity index (χ1) is 9.67. The number of imidazole rings is 1. The fourth-order valence-corrected chi connectivity index (χ4v) is 2.47. The second kappa shape index (κ2) is 5.23. The SMILES string of the molecule is NCc1nc2cc(Cl)ccc2n1Cc1cccc(F)c1. The molecule has 0 saturated carbocycles. The highest BCUT2D eigenvalue weighted by atomic mass is 35.5. The Balaban J connectivity index is 2.10. The van der Waals surface area contributed by atoms with Crippen LogP contribution < -0.4 is 5.73 Å². The van der Waals surface area contributed by atoms with Crippen LogP contribution in [0.4, 0.5) is 4.39 Å². The summed E-state index contributed by atoms with van der Waals surface area (Å²) in [5.41, 5.74) is 8.36. The van der Waals surface area contributed by atoms with E-state index in [4.69, 9.17) is 17.3 Å². The molecule has 0 amide bonds. The highest BCUT2D eigenvalue weighted by Crippen LogP contribution is 2.21. The molecular weight excluding hydrogens is 277 g/mol. The highest BCUT2D eigenvalue weighted by Gasteiger charge is 2.10. The molecule has 0 aliphatic carbocycles. The summed E-state index contributed by atoms with van der Waals surface area (Å²) in [6, 6.07) is 12.0. The molecule has 0 radical (unpaired) electrons. The lowest BCUT2D eigenvalue weighted by Gasteiger charge is -2.08. The van der Waals surface area contributed by atoms with Gasteiger partial charge in [-0.3, -0.25) is 0 Å². The standard InChI is InChI=1S/C15H13ClFN3/c16-11-4-5-14-13(7-11)19-15(8-18)20(14)9-10-2-1-3-12(17)6-10/h1-7H,8-9,18H2. The molecule has 0 bridgehead atoms. The minimum Gasteiger partial charge on any atom is -0.324 e. The molecule has 3 rings (SSSR count). The van der Waals surface area contributed by atoms with E-state index in [0.717, 1.165) is 22.4 Å². The van der Waals surface area contributed by atoms with Crippen LogP contribution in [0.15, 0.2) is 42.5 Å². The van der Waals surface area contributed by atoms with Gasteiger partial charge in [0, 0.05) is 11.6 Å². The molecule has 0 fully saturated rings. The summed E-state index contributed by atoms with van der Waals surface area (Å²) in [4.78, 5) is 4.47. The molecule has 0 aliphatic rings. The number of aromatic nitrogens is 2. The molecule has 20 heavy (non-hydrogen) atoms. The number of nitrogens with two attached hydrogens (primary N) is 1. The first kappa shape index (κ1) is 13.1. The topological polar surface area (TPSA) is 43.8 Å². The fraction of sp³-hybridized carbons (Fsp3) is 0.133. The van der Waals surface area contributed by atoms with Crippen LogP contribution >= 0.6 is 11.6 Å². The summed E-state index contributed by atoms with van der Waals surface area (Å²) >= 11 is 5.97. The van der Waals surface area contributed by atoms with Crippen LogP contribution in [0.1, 0.15) is 11.4 Å². The molecule has 2 N–H and O–H groups in total. The molecule has 0 spiro atoms. The summed E-state index contributed by atoms with van der Waals surface area (Å²) in [6.07, 6.45) is 0. The predicted octanol–water partition coefficient (Wildman–Crippen LogP) is 3.34. The van der Waals surface area contributed by atoms with E-state index in [1.807, 2.05) is 22.8 Å². The van der Waals surface area contributed by atoms with Gasteiger partial charge in [0.05, 0.1) is 17.6 Å². The van der Waals surface area contributed by atoms with Crippen molar-refractivity contribution in [3.63, 3.8) is 0 Å². The Kier molecular flexibility index (Phi) is 3.42. The third-order valence-corrected chi connectivity index (χ3v) is 3.44. The lowest BCUT2D eigenvalue weighted by Crippen LogP contribution is -2.09. The molecule has 1 aromatic heterocycles. The molecule has 0 saturated heterocycles. The van der Waals surface area contributed by atoms with E-state index in [1.54, 1.807) is 12.1 Å². The Morgan fingerprint density at radius 3 is 2.80 bits per heavy atom. The van der Waals surface area contributed by atoms with Crippen molar-refractivity contribution in [2.45, 2.75) is 13.1 Å². The largest absolute Gasteiger partial charge is 0.324 e. The van der Waals surface area contributed by atoms with Crippen molar-refractivity contribution < 1.29 is 4.39 Å². The molecule has 3 nitrogen and oxygen atoms in total. The zero-order valence-corrected chi connectivity index (χ0v) is 11.4. The average molecular weight is 290 g/mol. The minimum atomic E-state index is -0.246. The number of rotatable bonds is 3. The lowest BCUT2D eigenvalue weighted by molar-refractivity contribution is 0.623. The maximum Gasteiger partial charge on any atom is 0.123 e. The first-order valence-corrected chi connectivity index (χ1v) is 6.64. The van der Waals surface area contributed by atoms with Crippen molar-refractivity contribution in [1.82, 2.24) is 9.55 Å². The summed E-state index contributed by atoms with van der Waals surface area (Å²) < 4.78 is 15.3. The number of halogens is 2. The van der Waals surface area contributed by atoms with Crippen LogP contribution in [0.25, 0.3) is 11.0 Å². The summed E-state index contributed by atoms with van der Waals surface area (Å²) in [5, 5.41) is 0.636. The third kappa shape index (κ3) is 2.40. The van der Waals surface area contributed by atoms with Gasteiger partial charge < -0.3 is 10.3 Å². The molecule has 5 heteroatoms. The van der Waals surface area contributed by atoms with E-state index in [-0.39, 0.29) is 5.82 Å². The number of hydrogen-bond acceptors (Lipinski definition) is 2. The van der Waals surface area contributed by atoms with Crippen LogP contribution in [0, 0.1) is 5.82 Å². The summed E-state index contributed by atoms with van der Waals surface area (Å²) in [7, 11) is 0. The maximum atomic E-state index is 13.3. The highest BCUT2D eigenvalue weighted by molar-refractivity contribution is 6.31. The monoisotopic (exact) mass is 289 g/mol. The molecule has 0 unspecified atom stereocenters.